The van der Waals surface area contributed by atoms with Crippen molar-refractivity contribution in [2.24, 2.45) is 0 Å². The van der Waals surface area contributed by atoms with E-state index in [1.54, 1.807) is 0 Å². The summed E-state index contributed by atoms with van der Waals surface area (Å²) in [5.41, 5.74) is 1.00. The van der Waals surface area contributed by atoms with E-state index in [1.165, 1.54) is 6.42 Å². The molecule has 106 valence electrons. The van der Waals surface area contributed by atoms with Crippen molar-refractivity contribution >= 4 is 5.82 Å². The highest BCUT2D eigenvalue weighted by atomic mass is 15.3. The van der Waals surface area contributed by atoms with Crippen LogP contribution < -0.4 is 10.2 Å². The van der Waals surface area contributed by atoms with Gasteiger partial charge >= 0.3 is 0 Å². The topological polar surface area (TPSA) is 44.3 Å². The molecule has 0 amide bonds. The number of likely N-dealkylation sites (N-methyl/N-ethyl adjacent to an activating group) is 1. The van der Waals surface area contributed by atoms with Gasteiger partial charge in [-0.25, -0.2) is 4.98 Å². The fourth-order valence-corrected chi connectivity index (χ4v) is 2.55. The maximum Gasteiger partial charge on any atom is 0.147 e. The van der Waals surface area contributed by atoms with Gasteiger partial charge in [-0.05, 0) is 33.5 Å². The number of hydrogen-bond donors (Lipinski definition) is 1. The van der Waals surface area contributed by atoms with Gasteiger partial charge in [0.25, 0.3) is 0 Å². The molecule has 5 nitrogen and oxygen atoms in total. The normalized spacial score (nSPS) is 21.4. The molecule has 1 aromatic rings. The number of anilines is 1. The maximum absolute atomic E-state index is 4.58. The highest BCUT2D eigenvalue weighted by Gasteiger charge is 2.20. The lowest BCUT2D eigenvalue weighted by Gasteiger charge is -2.28. The number of nitrogens with zero attached hydrogens (tertiary/aromatic N) is 4. The molecule has 0 saturated carbocycles. The van der Waals surface area contributed by atoms with E-state index < -0.39 is 0 Å². The molecule has 0 aromatic carbocycles. The average Bonchev–Trinajstić information content (AvgIpc) is 2.58. The van der Waals surface area contributed by atoms with Crippen molar-refractivity contribution in [2.75, 3.05) is 38.1 Å². The second-order valence-corrected chi connectivity index (χ2v) is 5.30. The molecule has 19 heavy (non-hydrogen) atoms. The van der Waals surface area contributed by atoms with Gasteiger partial charge < -0.3 is 15.1 Å². The van der Waals surface area contributed by atoms with Crippen LogP contribution in [0.25, 0.3) is 0 Å². The molecule has 5 heteroatoms. The van der Waals surface area contributed by atoms with Gasteiger partial charge in [-0.1, -0.05) is 6.92 Å². The molecule has 2 heterocycles. The Morgan fingerprint density at radius 3 is 2.84 bits per heavy atom. The number of aromatic nitrogens is 2. The summed E-state index contributed by atoms with van der Waals surface area (Å²) in [5, 5.41) is 3.27. The smallest absolute Gasteiger partial charge is 0.147 e. The lowest BCUT2D eigenvalue weighted by molar-refractivity contribution is 0.337. The van der Waals surface area contributed by atoms with Crippen molar-refractivity contribution in [3.63, 3.8) is 0 Å². The third-order valence-corrected chi connectivity index (χ3v) is 3.59. The molecule has 1 unspecified atom stereocenters. The molecule has 0 spiro atoms. The Kier molecular flexibility index (Phi) is 5.10. The van der Waals surface area contributed by atoms with Crippen molar-refractivity contribution in [3.05, 3.63) is 18.1 Å². The van der Waals surface area contributed by atoms with Crippen molar-refractivity contribution in [1.82, 2.24) is 20.2 Å². The molecule has 2 rings (SSSR count). The molecule has 1 aliphatic rings. The van der Waals surface area contributed by atoms with Crippen LogP contribution in [0.1, 0.15) is 26.0 Å². The highest BCUT2D eigenvalue weighted by Crippen LogP contribution is 2.16. The maximum atomic E-state index is 4.58. The SMILES string of the molecule is CCNCc1cnc(N2CCCN(C)CC2C)cn1. The van der Waals surface area contributed by atoms with Crippen LogP contribution in [0.5, 0.6) is 0 Å². The molecule has 1 fully saturated rings. The molecule has 1 saturated heterocycles. The number of hydrogen-bond acceptors (Lipinski definition) is 5. The summed E-state index contributed by atoms with van der Waals surface area (Å²) in [6.45, 7) is 9.41. The zero-order valence-electron chi connectivity index (χ0n) is 12.3. The van der Waals surface area contributed by atoms with Crippen LogP contribution in [0.3, 0.4) is 0 Å². The van der Waals surface area contributed by atoms with Crippen LogP contribution in [-0.2, 0) is 6.54 Å². The molecular weight excluding hydrogens is 238 g/mol. The van der Waals surface area contributed by atoms with E-state index in [4.69, 9.17) is 0 Å². The Morgan fingerprint density at radius 1 is 1.32 bits per heavy atom. The predicted octanol–water partition coefficient (Wildman–Crippen LogP) is 1.12. The van der Waals surface area contributed by atoms with Crippen molar-refractivity contribution < 1.29 is 0 Å². The van der Waals surface area contributed by atoms with Gasteiger partial charge in [0.2, 0.25) is 0 Å². The zero-order chi connectivity index (χ0) is 13.7. The molecule has 1 N–H and O–H groups in total. The Balaban J connectivity index is 2.03. The Morgan fingerprint density at radius 2 is 2.16 bits per heavy atom. The summed E-state index contributed by atoms with van der Waals surface area (Å²) < 4.78 is 0. The molecule has 1 atom stereocenters. The van der Waals surface area contributed by atoms with E-state index in [0.717, 1.165) is 44.2 Å². The average molecular weight is 263 g/mol. The lowest BCUT2D eigenvalue weighted by atomic mass is 10.2. The van der Waals surface area contributed by atoms with Crippen LogP contribution in [0, 0.1) is 0 Å². The summed E-state index contributed by atoms with van der Waals surface area (Å²) in [6.07, 6.45) is 4.98. The predicted molar refractivity (Wildman–Crippen MR) is 78.3 cm³/mol. The second-order valence-electron chi connectivity index (χ2n) is 5.30. The third-order valence-electron chi connectivity index (χ3n) is 3.59. The summed E-state index contributed by atoms with van der Waals surface area (Å²) >= 11 is 0. The molecule has 1 aromatic heterocycles. The minimum Gasteiger partial charge on any atom is -0.351 e. The summed E-state index contributed by atoms with van der Waals surface area (Å²) in [6, 6.07) is 0.487. The lowest BCUT2D eigenvalue weighted by Crippen LogP contribution is -2.38. The summed E-state index contributed by atoms with van der Waals surface area (Å²) in [5.74, 6) is 1.00. The monoisotopic (exact) mass is 263 g/mol. The van der Waals surface area contributed by atoms with Crippen LogP contribution in [0.15, 0.2) is 12.4 Å². The van der Waals surface area contributed by atoms with Gasteiger partial charge in [0.15, 0.2) is 0 Å². The van der Waals surface area contributed by atoms with E-state index in [1.807, 2.05) is 12.4 Å². The highest BCUT2D eigenvalue weighted by molar-refractivity contribution is 5.37. The van der Waals surface area contributed by atoms with E-state index in [0.29, 0.717) is 6.04 Å². The Hall–Kier alpha value is -1.20. The van der Waals surface area contributed by atoms with Crippen molar-refractivity contribution in [2.45, 2.75) is 32.9 Å². The Labute approximate surface area is 116 Å². The van der Waals surface area contributed by atoms with Crippen LogP contribution in [0.2, 0.25) is 0 Å². The number of rotatable bonds is 4. The van der Waals surface area contributed by atoms with E-state index in [9.17, 15) is 0 Å². The van der Waals surface area contributed by atoms with Gasteiger partial charge in [-0.15, -0.1) is 0 Å². The largest absolute Gasteiger partial charge is 0.351 e. The fourth-order valence-electron chi connectivity index (χ4n) is 2.55. The van der Waals surface area contributed by atoms with Crippen molar-refractivity contribution in [3.8, 4) is 0 Å². The van der Waals surface area contributed by atoms with Gasteiger partial charge in [0.05, 0.1) is 18.1 Å². The van der Waals surface area contributed by atoms with E-state index >= 15 is 0 Å². The van der Waals surface area contributed by atoms with Crippen molar-refractivity contribution in [1.29, 1.82) is 0 Å². The quantitative estimate of drug-likeness (QED) is 0.882. The minimum absolute atomic E-state index is 0.487. The molecule has 0 aliphatic carbocycles. The first-order valence-corrected chi connectivity index (χ1v) is 7.17. The Bertz CT molecular complexity index is 378. The van der Waals surface area contributed by atoms with Gasteiger partial charge in [0, 0.05) is 25.7 Å². The molecule has 0 radical (unpaired) electrons. The second kappa shape index (κ2) is 6.82. The summed E-state index contributed by atoms with van der Waals surface area (Å²) in [4.78, 5) is 13.8. The first kappa shape index (κ1) is 14.2. The van der Waals surface area contributed by atoms with E-state index in [-0.39, 0.29) is 0 Å². The van der Waals surface area contributed by atoms with Gasteiger partial charge in [-0.2, -0.15) is 0 Å². The first-order chi connectivity index (χ1) is 9.20. The van der Waals surface area contributed by atoms with Gasteiger partial charge in [-0.3, -0.25) is 4.98 Å². The van der Waals surface area contributed by atoms with Crippen LogP contribution in [0.4, 0.5) is 5.82 Å². The number of nitrogens with one attached hydrogen (secondary N) is 1. The van der Waals surface area contributed by atoms with E-state index in [2.05, 4.69) is 46.0 Å². The first-order valence-electron chi connectivity index (χ1n) is 7.17. The molecule has 0 bridgehead atoms. The van der Waals surface area contributed by atoms with Gasteiger partial charge in [0.1, 0.15) is 5.82 Å². The standard InChI is InChI=1S/C14H25N5/c1-4-15-8-13-9-17-14(10-16-13)19-7-5-6-18(3)11-12(19)2/h9-10,12,15H,4-8,11H2,1-3H3. The van der Waals surface area contributed by atoms with Crippen LogP contribution in [-0.4, -0.2) is 54.1 Å². The molecular formula is C14H25N5. The molecule has 1 aliphatic heterocycles. The van der Waals surface area contributed by atoms with Crippen LogP contribution >= 0.6 is 0 Å². The fraction of sp³-hybridized carbons (Fsp3) is 0.714. The third kappa shape index (κ3) is 3.88. The minimum atomic E-state index is 0.487. The summed E-state index contributed by atoms with van der Waals surface area (Å²) in [7, 11) is 2.19. The zero-order valence-corrected chi connectivity index (χ0v) is 12.3.